The molecule has 0 atom stereocenters. The van der Waals surface area contributed by atoms with Crippen molar-refractivity contribution < 1.29 is 18.4 Å². The highest BCUT2D eigenvalue weighted by Crippen LogP contribution is 2.31. The van der Waals surface area contributed by atoms with Crippen LogP contribution in [0.3, 0.4) is 0 Å². The molecule has 3 aromatic carbocycles. The van der Waals surface area contributed by atoms with E-state index in [4.69, 9.17) is 5.73 Å². The molecule has 7 nitrogen and oxygen atoms in total. The second-order valence-corrected chi connectivity index (χ2v) is 8.69. The molecule has 10 heteroatoms. The van der Waals surface area contributed by atoms with Crippen molar-refractivity contribution >= 4 is 56.3 Å². The number of thiazole rings is 1. The van der Waals surface area contributed by atoms with Crippen LogP contribution in [0.5, 0.6) is 0 Å². The summed E-state index contributed by atoms with van der Waals surface area (Å²) in [6, 6.07) is 18.9. The van der Waals surface area contributed by atoms with Crippen molar-refractivity contribution in [3.63, 3.8) is 0 Å². The molecule has 0 aliphatic heterocycles. The zero-order valence-electron chi connectivity index (χ0n) is 18.5. The summed E-state index contributed by atoms with van der Waals surface area (Å²) < 4.78 is 28.0. The number of hydrogen-bond acceptors (Lipinski definition) is 7. The van der Waals surface area contributed by atoms with E-state index in [-0.39, 0.29) is 21.7 Å². The molecule has 0 spiro atoms. The van der Waals surface area contributed by atoms with Gasteiger partial charge in [-0.15, -0.1) is 0 Å². The lowest BCUT2D eigenvalue weighted by atomic mass is 10.1. The number of nitrogens with zero attached hydrogens (tertiary/aromatic N) is 2. The number of aromatic nitrogens is 2. The first-order valence-electron chi connectivity index (χ1n) is 10.7. The normalized spacial score (nSPS) is 10.8. The van der Waals surface area contributed by atoms with Crippen LogP contribution >= 0.6 is 11.3 Å². The van der Waals surface area contributed by atoms with Crippen molar-refractivity contribution in [2.45, 2.75) is 0 Å². The van der Waals surface area contributed by atoms with E-state index >= 15 is 0 Å². The van der Waals surface area contributed by atoms with Crippen LogP contribution in [0.1, 0.15) is 25.6 Å². The molecule has 36 heavy (non-hydrogen) atoms. The molecule has 0 saturated carbocycles. The third-order valence-electron chi connectivity index (χ3n) is 5.34. The van der Waals surface area contributed by atoms with Crippen LogP contribution in [0.25, 0.3) is 10.9 Å². The average Bonchev–Trinajstić information content (AvgIpc) is 3.24. The number of fused-ring (bicyclic) bond motifs is 1. The highest BCUT2D eigenvalue weighted by Gasteiger charge is 2.24. The first kappa shape index (κ1) is 23.1. The Bertz CT molecular complexity index is 1590. The number of nitrogen functional groups attached to an aromatic ring is 1. The van der Waals surface area contributed by atoms with Crippen molar-refractivity contribution in [3.05, 3.63) is 107 Å². The second-order valence-electron chi connectivity index (χ2n) is 7.69. The number of hydrogen-bond donors (Lipinski definition) is 3. The largest absolute Gasteiger partial charge is 0.382 e. The van der Waals surface area contributed by atoms with Crippen molar-refractivity contribution in [2.75, 3.05) is 16.4 Å². The van der Waals surface area contributed by atoms with Gasteiger partial charge in [0.1, 0.15) is 22.3 Å². The molecule has 1 amide bonds. The predicted octanol–water partition coefficient (Wildman–Crippen LogP) is 5.78. The number of carbonyl (C=O) groups is 2. The number of nitrogens with one attached hydrogen (secondary N) is 2. The molecule has 2 heterocycles. The lowest BCUT2D eigenvalue weighted by molar-refractivity contribution is 0.102. The van der Waals surface area contributed by atoms with E-state index < -0.39 is 23.0 Å². The van der Waals surface area contributed by atoms with Gasteiger partial charge in [0.25, 0.3) is 5.91 Å². The predicted molar refractivity (Wildman–Crippen MR) is 136 cm³/mol. The fraction of sp³-hybridized carbons (Fsp3) is 0. The summed E-state index contributed by atoms with van der Waals surface area (Å²) >= 11 is 0.873. The Kier molecular flexibility index (Phi) is 6.09. The van der Waals surface area contributed by atoms with Crippen LogP contribution in [0.15, 0.2) is 79.0 Å². The van der Waals surface area contributed by atoms with Gasteiger partial charge in [-0.1, -0.05) is 23.5 Å². The smallest absolute Gasteiger partial charge is 0.255 e. The number of pyridine rings is 1. The van der Waals surface area contributed by atoms with Crippen molar-refractivity contribution in [1.82, 2.24) is 9.97 Å². The summed E-state index contributed by atoms with van der Waals surface area (Å²) in [7, 11) is 0. The van der Waals surface area contributed by atoms with Gasteiger partial charge in [0.05, 0.1) is 16.8 Å². The lowest BCUT2D eigenvalue weighted by Crippen LogP contribution is -2.12. The Morgan fingerprint density at radius 1 is 0.889 bits per heavy atom. The second kappa shape index (κ2) is 9.51. The van der Waals surface area contributed by atoms with E-state index in [1.54, 1.807) is 42.6 Å². The van der Waals surface area contributed by atoms with Crippen LogP contribution < -0.4 is 16.4 Å². The summed E-state index contributed by atoms with van der Waals surface area (Å²) in [5, 5.41) is 6.97. The van der Waals surface area contributed by atoms with Gasteiger partial charge in [0.2, 0.25) is 5.78 Å². The van der Waals surface area contributed by atoms with Crippen LogP contribution in [0, 0.1) is 11.6 Å². The number of carbonyl (C=O) groups excluding carboxylic acids is 2. The molecule has 5 aromatic rings. The van der Waals surface area contributed by atoms with Crippen LogP contribution in [-0.2, 0) is 0 Å². The number of halogens is 2. The zero-order valence-corrected chi connectivity index (χ0v) is 19.3. The molecule has 0 aliphatic carbocycles. The van der Waals surface area contributed by atoms with Gasteiger partial charge in [0, 0.05) is 22.8 Å². The van der Waals surface area contributed by atoms with Gasteiger partial charge in [-0.05, 0) is 60.7 Å². The SMILES string of the molecule is Nc1nc(Nc2ccc(C(=O)Nc3cccc4ncccc34)cc2)sc1C(=O)c1c(F)cccc1F. The first-order chi connectivity index (χ1) is 17.4. The van der Waals surface area contributed by atoms with Crippen molar-refractivity contribution in [3.8, 4) is 0 Å². The Labute approximate surface area is 207 Å². The third-order valence-corrected chi connectivity index (χ3v) is 6.33. The molecular weight excluding hydrogens is 484 g/mol. The molecule has 4 N–H and O–H groups in total. The molecule has 0 fully saturated rings. The summed E-state index contributed by atoms with van der Waals surface area (Å²) in [6.07, 6.45) is 1.69. The molecule has 0 unspecified atom stereocenters. The molecule has 0 radical (unpaired) electrons. The quantitative estimate of drug-likeness (QED) is 0.255. The molecular formula is C26H17F2N5O2S. The Morgan fingerprint density at radius 2 is 1.61 bits per heavy atom. The van der Waals surface area contributed by atoms with Gasteiger partial charge in [-0.2, -0.15) is 0 Å². The Hall–Kier alpha value is -4.70. The fourth-order valence-electron chi connectivity index (χ4n) is 3.61. The summed E-state index contributed by atoms with van der Waals surface area (Å²) in [5.74, 6) is -3.27. The fourth-order valence-corrected chi connectivity index (χ4v) is 4.46. The van der Waals surface area contributed by atoms with Gasteiger partial charge in [-0.3, -0.25) is 14.6 Å². The molecule has 0 bridgehead atoms. The molecule has 178 valence electrons. The number of nitrogens with two attached hydrogens (primary N) is 1. The molecule has 0 saturated heterocycles. The van der Waals surface area contributed by atoms with E-state index in [1.807, 2.05) is 18.2 Å². The van der Waals surface area contributed by atoms with Crippen LogP contribution in [-0.4, -0.2) is 21.7 Å². The highest BCUT2D eigenvalue weighted by atomic mass is 32.1. The number of ketones is 1. The molecule has 5 rings (SSSR count). The highest BCUT2D eigenvalue weighted by molar-refractivity contribution is 7.18. The van der Waals surface area contributed by atoms with Crippen molar-refractivity contribution in [1.29, 1.82) is 0 Å². The summed E-state index contributed by atoms with van der Waals surface area (Å²) in [5.41, 5.74) is 7.58. The van der Waals surface area contributed by atoms with E-state index in [2.05, 4.69) is 20.6 Å². The van der Waals surface area contributed by atoms with Crippen LogP contribution in [0.2, 0.25) is 0 Å². The average molecular weight is 502 g/mol. The zero-order chi connectivity index (χ0) is 25.2. The van der Waals surface area contributed by atoms with E-state index in [1.165, 1.54) is 6.07 Å². The van der Waals surface area contributed by atoms with Crippen molar-refractivity contribution in [2.24, 2.45) is 0 Å². The van der Waals surface area contributed by atoms with Gasteiger partial charge in [-0.25, -0.2) is 13.8 Å². The standard InChI is InChI=1S/C26H17F2N5O2S/c27-17-5-1-6-18(28)21(17)22(34)23-24(29)33-26(36-23)31-15-11-9-14(10-12-15)25(35)32-20-8-2-7-19-16(20)4-3-13-30-19/h1-13H,29H2,(H,31,33)(H,32,35). The molecule has 2 aromatic heterocycles. The minimum atomic E-state index is -0.976. The van der Waals surface area contributed by atoms with E-state index in [0.717, 1.165) is 34.4 Å². The minimum Gasteiger partial charge on any atom is -0.382 e. The topological polar surface area (TPSA) is 110 Å². The maximum atomic E-state index is 14.0. The Balaban J connectivity index is 1.31. The lowest BCUT2D eigenvalue weighted by Gasteiger charge is -2.09. The summed E-state index contributed by atoms with van der Waals surface area (Å²) in [6.45, 7) is 0. The van der Waals surface area contributed by atoms with Gasteiger partial charge >= 0.3 is 0 Å². The van der Waals surface area contributed by atoms with Gasteiger partial charge < -0.3 is 16.4 Å². The van der Waals surface area contributed by atoms with Crippen LogP contribution in [0.4, 0.5) is 31.1 Å². The summed E-state index contributed by atoms with van der Waals surface area (Å²) in [4.78, 5) is 33.7. The number of benzene rings is 3. The third kappa shape index (κ3) is 4.49. The minimum absolute atomic E-state index is 0.0814. The van der Waals surface area contributed by atoms with E-state index in [9.17, 15) is 18.4 Å². The number of anilines is 4. The maximum absolute atomic E-state index is 14.0. The van der Waals surface area contributed by atoms with Gasteiger partial charge in [0.15, 0.2) is 5.13 Å². The Morgan fingerprint density at radius 3 is 2.36 bits per heavy atom. The first-order valence-corrected chi connectivity index (χ1v) is 11.5. The molecule has 0 aliphatic rings. The maximum Gasteiger partial charge on any atom is 0.255 e. The van der Waals surface area contributed by atoms with E-state index in [0.29, 0.717) is 16.9 Å². The number of rotatable bonds is 6. The monoisotopic (exact) mass is 501 g/mol. The number of amides is 1.